The number of unbranched alkanes of at least 4 members (excludes halogenated alkanes) is 14. The molecule has 0 aromatic heterocycles. The SMILES string of the molecule is CCCCCCCCC(CCC)(CCCCCCCC)C([O])CCCCCCC. The van der Waals surface area contributed by atoms with E-state index in [1.54, 1.807) is 0 Å². The standard InChI is InChI=1S/C28H57O/c1-5-9-12-15-18-21-25-28(24-8-4,26-22-19-16-13-10-6-2)27(29)23-20-17-14-11-7-3/h27H,5-26H2,1-4H3. The maximum Gasteiger partial charge on any atom is 0.0986 e. The van der Waals surface area contributed by atoms with Gasteiger partial charge in [-0.2, -0.15) is 0 Å². The van der Waals surface area contributed by atoms with E-state index >= 15 is 0 Å². The minimum atomic E-state index is -0.324. The van der Waals surface area contributed by atoms with E-state index in [4.69, 9.17) is 0 Å². The summed E-state index contributed by atoms with van der Waals surface area (Å²) in [5.41, 5.74) is 0.0923. The number of hydrogen-bond acceptors (Lipinski definition) is 0. The molecule has 0 saturated heterocycles. The van der Waals surface area contributed by atoms with E-state index in [0.717, 1.165) is 12.8 Å². The van der Waals surface area contributed by atoms with Gasteiger partial charge in [-0.1, -0.05) is 143 Å². The van der Waals surface area contributed by atoms with Crippen LogP contribution >= 0.6 is 0 Å². The zero-order valence-electron chi connectivity index (χ0n) is 21.0. The van der Waals surface area contributed by atoms with Gasteiger partial charge in [0.15, 0.2) is 0 Å². The minimum Gasteiger partial charge on any atom is -0.233 e. The highest BCUT2D eigenvalue weighted by atomic mass is 16.3. The van der Waals surface area contributed by atoms with Crippen LogP contribution in [0.25, 0.3) is 0 Å². The lowest BCUT2D eigenvalue weighted by Gasteiger charge is -2.38. The fraction of sp³-hybridized carbons (Fsp3) is 1.00. The van der Waals surface area contributed by atoms with Crippen molar-refractivity contribution in [3.8, 4) is 0 Å². The van der Waals surface area contributed by atoms with Gasteiger partial charge >= 0.3 is 0 Å². The molecule has 0 N–H and O–H groups in total. The molecule has 0 aliphatic rings. The molecular weight excluding hydrogens is 352 g/mol. The van der Waals surface area contributed by atoms with E-state index in [-0.39, 0.29) is 11.5 Å². The Morgan fingerprint density at radius 2 is 0.828 bits per heavy atom. The van der Waals surface area contributed by atoms with E-state index < -0.39 is 0 Å². The molecule has 29 heavy (non-hydrogen) atoms. The van der Waals surface area contributed by atoms with Gasteiger partial charge in [0.05, 0.1) is 6.10 Å². The van der Waals surface area contributed by atoms with Crippen molar-refractivity contribution in [3.05, 3.63) is 0 Å². The minimum absolute atomic E-state index is 0.0923. The summed E-state index contributed by atoms with van der Waals surface area (Å²) in [6, 6.07) is 0. The third-order valence-electron chi connectivity index (χ3n) is 7.06. The Labute approximate surface area is 185 Å². The average Bonchev–Trinajstić information content (AvgIpc) is 2.72. The summed E-state index contributed by atoms with van der Waals surface area (Å²) in [6.45, 7) is 9.14. The first kappa shape index (κ1) is 29.0. The van der Waals surface area contributed by atoms with Crippen LogP contribution in [0.15, 0.2) is 0 Å². The van der Waals surface area contributed by atoms with Crippen LogP contribution in [0.3, 0.4) is 0 Å². The van der Waals surface area contributed by atoms with Crippen LogP contribution in [0.1, 0.15) is 169 Å². The summed E-state index contributed by atoms with van der Waals surface area (Å²) in [4.78, 5) is 0. The predicted octanol–water partition coefficient (Wildman–Crippen LogP) is 10.4. The Morgan fingerprint density at radius 3 is 1.24 bits per heavy atom. The van der Waals surface area contributed by atoms with Crippen LogP contribution in [0, 0.1) is 5.41 Å². The van der Waals surface area contributed by atoms with Crippen molar-refractivity contribution in [2.24, 2.45) is 5.41 Å². The molecule has 0 bridgehead atoms. The molecule has 0 aromatic rings. The van der Waals surface area contributed by atoms with Gasteiger partial charge in [-0.05, 0) is 31.1 Å². The summed E-state index contributed by atoms with van der Waals surface area (Å²) in [5, 5.41) is 13.5. The molecule has 175 valence electrons. The summed E-state index contributed by atoms with van der Waals surface area (Å²) in [5.74, 6) is 0. The molecule has 0 saturated carbocycles. The highest BCUT2D eigenvalue weighted by Crippen LogP contribution is 2.42. The molecule has 0 fully saturated rings. The quantitative estimate of drug-likeness (QED) is 0.149. The van der Waals surface area contributed by atoms with Crippen molar-refractivity contribution < 1.29 is 5.11 Å². The molecule has 0 amide bonds. The van der Waals surface area contributed by atoms with Gasteiger partial charge in [-0.3, -0.25) is 0 Å². The van der Waals surface area contributed by atoms with Crippen LogP contribution in [-0.4, -0.2) is 6.10 Å². The fourth-order valence-electron chi connectivity index (χ4n) is 5.11. The Morgan fingerprint density at radius 1 is 0.448 bits per heavy atom. The van der Waals surface area contributed by atoms with E-state index in [9.17, 15) is 5.11 Å². The lowest BCUT2D eigenvalue weighted by atomic mass is 9.69. The Hall–Kier alpha value is -0.0400. The molecule has 0 aromatic carbocycles. The molecule has 1 atom stereocenters. The predicted molar refractivity (Wildman–Crippen MR) is 131 cm³/mol. The molecule has 1 nitrogen and oxygen atoms in total. The maximum atomic E-state index is 13.5. The van der Waals surface area contributed by atoms with Crippen LogP contribution in [0.5, 0.6) is 0 Å². The van der Waals surface area contributed by atoms with Crippen molar-refractivity contribution in [3.63, 3.8) is 0 Å². The van der Waals surface area contributed by atoms with Gasteiger partial charge in [0.2, 0.25) is 0 Å². The van der Waals surface area contributed by atoms with Crippen molar-refractivity contribution in [2.45, 2.75) is 175 Å². The van der Waals surface area contributed by atoms with Gasteiger partial charge in [-0.25, -0.2) is 5.11 Å². The second-order valence-electron chi connectivity index (χ2n) is 9.84. The smallest absolute Gasteiger partial charge is 0.0986 e. The molecule has 0 heterocycles. The molecule has 0 aliphatic carbocycles. The monoisotopic (exact) mass is 409 g/mol. The molecule has 0 spiro atoms. The van der Waals surface area contributed by atoms with Crippen LogP contribution in [0.4, 0.5) is 0 Å². The van der Waals surface area contributed by atoms with Crippen LogP contribution in [-0.2, 0) is 5.11 Å². The van der Waals surface area contributed by atoms with Gasteiger partial charge < -0.3 is 0 Å². The van der Waals surface area contributed by atoms with Crippen LogP contribution in [0.2, 0.25) is 0 Å². The maximum absolute atomic E-state index is 13.5. The Balaban J connectivity index is 4.64. The first-order chi connectivity index (χ1) is 14.2. The summed E-state index contributed by atoms with van der Waals surface area (Å²) in [6.07, 6.45) is 27.8. The fourth-order valence-corrected chi connectivity index (χ4v) is 5.11. The average molecular weight is 410 g/mol. The van der Waals surface area contributed by atoms with Crippen molar-refractivity contribution in [2.75, 3.05) is 0 Å². The van der Waals surface area contributed by atoms with Crippen LogP contribution < -0.4 is 0 Å². The lowest BCUT2D eigenvalue weighted by molar-refractivity contribution is -0.0537. The van der Waals surface area contributed by atoms with Gasteiger partial charge in [0, 0.05) is 0 Å². The lowest BCUT2D eigenvalue weighted by Crippen LogP contribution is -2.34. The molecule has 1 heteroatoms. The second kappa shape index (κ2) is 21.2. The van der Waals surface area contributed by atoms with Gasteiger partial charge in [0.1, 0.15) is 0 Å². The second-order valence-corrected chi connectivity index (χ2v) is 9.84. The van der Waals surface area contributed by atoms with Gasteiger partial charge in [0.25, 0.3) is 0 Å². The molecular formula is C28H57O. The van der Waals surface area contributed by atoms with E-state index in [1.807, 2.05) is 0 Å². The highest BCUT2D eigenvalue weighted by molar-refractivity contribution is 4.86. The summed E-state index contributed by atoms with van der Waals surface area (Å²) >= 11 is 0. The van der Waals surface area contributed by atoms with E-state index in [0.29, 0.717) is 0 Å². The van der Waals surface area contributed by atoms with Crippen molar-refractivity contribution >= 4 is 0 Å². The number of hydrogen-bond donors (Lipinski definition) is 0. The first-order valence-electron chi connectivity index (χ1n) is 13.8. The van der Waals surface area contributed by atoms with E-state index in [1.165, 1.54) is 128 Å². The molecule has 1 radical (unpaired) electrons. The third-order valence-corrected chi connectivity index (χ3v) is 7.06. The van der Waals surface area contributed by atoms with Crippen molar-refractivity contribution in [1.29, 1.82) is 0 Å². The molecule has 1 unspecified atom stereocenters. The topological polar surface area (TPSA) is 19.9 Å². The summed E-state index contributed by atoms with van der Waals surface area (Å²) in [7, 11) is 0. The molecule has 0 rings (SSSR count). The largest absolute Gasteiger partial charge is 0.233 e. The van der Waals surface area contributed by atoms with Crippen molar-refractivity contribution in [1.82, 2.24) is 0 Å². The Kier molecular flexibility index (Phi) is 21.2. The summed E-state index contributed by atoms with van der Waals surface area (Å²) < 4.78 is 0. The Bertz CT molecular complexity index is 295. The van der Waals surface area contributed by atoms with Gasteiger partial charge in [-0.15, -0.1) is 0 Å². The van der Waals surface area contributed by atoms with E-state index in [2.05, 4.69) is 27.7 Å². The normalized spacial score (nSPS) is 13.1. The molecule has 0 aliphatic heterocycles. The first-order valence-corrected chi connectivity index (χ1v) is 13.8. The zero-order valence-corrected chi connectivity index (χ0v) is 21.0. The number of rotatable bonds is 23. The zero-order chi connectivity index (χ0) is 21.6. The highest BCUT2D eigenvalue weighted by Gasteiger charge is 2.36. The third kappa shape index (κ3) is 15.4.